The number of aromatic nitrogens is 3. The van der Waals surface area contributed by atoms with E-state index in [9.17, 15) is 0 Å². The van der Waals surface area contributed by atoms with Crippen LogP contribution < -0.4 is 19.5 Å². The second kappa shape index (κ2) is 11.2. The lowest BCUT2D eigenvalue weighted by atomic mass is 9.90. The SMILES string of the molecule is COc1cc2c(Oc3ccc4[nH]c(C)cc4c3)ncnc2cc1OC(CCN1CCCC1)C1CCNCC1. The van der Waals surface area contributed by atoms with E-state index in [-0.39, 0.29) is 6.10 Å². The molecule has 2 aromatic carbocycles. The summed E-state index contributed by atoms with van der Waals surface area (Å²) in [5.41, 5.74) is 2.97. The molecule has 0 aliphatic carbocycles. The van der Waals surface area contributed by atoms with Crippen molar-refractivity contribution >= 4 is 21.8 Å². The van der Waals surface area contributed by atoms with E-state index >= 15 is 0 Å². The highest BCUT2D eigenvalue weighted by Gasteiger charge is 2.28. The highest BCUT2D eigenvalue weighted by molar-refractivity contribution is 5.87. The molecule has 0 amide bonds. The lowest BCUT2D eigenvalue weighted by Gasteiger charge is -2.32. The Labute approximate surface area is 223 Å². The number of benzene rings is 2. The molecule has 2 aliphatic rings. The number of methoxy groups -OCH3 is 1. The summed E-state index contributed by atoms with van der Waals surface area (Å²) in [6.45, 7) is 7.63. The van der Waals surface area contributed by atoms with Crippen LogP contribution in [-0.4, -0.2) is 65.8 Å². The molecule has 0 saturated carbocycles. The number of nitrogens with zero attached hydrogens (tertiary/aromatic N) is 3. The molecule has 0 spiro atoms. The van der Waals surface area contributed by atoms with Crippen molar-refractivity contribution in [1.82, 2.24) is 25.2 Å². The van der Waals surface area contributed by atoms with Gasteiger partial charge in [0.2, 0.25) is 5.88 Å². The second-order valence-corrected chi connectivity index (χ2v) is 10.6. The quantitative estimate of drug-likeness (QED) is 0.306. The lowest BCUT2D eigenvalue weighted by molar-refractivity contribution is 0.0906. The first-order valence-electron chi connectivity index (χ1n) is 13.9. The normalized spacial score (nSPS) is 17.7. The third-order valence-electron chi connectivity index (χ3n) is 7.94. The molecule has 2 saturated heterocycles. The Kier molecular flexibility index (Phi) is 7.33. The van der Waals surface area contributed by atoms with Crippen molar-refractivity contribution in [2.45, 2.75) is 45.1 Å². The number of H-pyrrole nitrogens is 1. The Hall–Kier alpha value is -3.36. The zero-order chi connectivity index (χ0) is 25.9. The van der Waals surface area contributed by atoms with Gasteiger partial charge in [0.15, 0.2) is 11.5 Å². The zero-order valence-electron chi connectivity index (χ0n) is 22.3. The van der Waals surface area contributed by atoms with Crippen molar-refractivity contribution in [3.63, 3.8) is 0 Å². The van der Waals surface area contributed by atoms with Gasteiger partial charge in [0.1, 0.15) is 18.2 Å². The summed E-state index contributed by atoms with van der Waals surface area (Å²) >= 11 is 0. The van der Waals surface area contributed by atoms with E-state index in [1.807, 2.05) is 37.3 Å². The predicted octanol–water partition coefficient (Wildman–Crippen LogP) is 5.45. The highest BCUT2D eigenvalue weighted by atomic mass is 16.5. The molecule has 38 heavy (non-hydrogen) atoms. The Morgan fingerprint density at radius 1 is 1.03 bits per heavy atom. The van der Waals surface area contributed by atoms with Gasteiger partial charge in [-0.1, -0.05) is 0 Å². The number of hydrogen-bond donors (Lipinski definition) is 2. The highest BCUT2D eigenvalue weighted by Crippen LogP contribution is 2.38. The second-order valence-electron chi connectivity index (χ2n) is 10.6. The van der Waals surface area contributed by atoms with Gasteiger partial charge in [0.05, 0.1) is 18.0 Å². The van der Waals surface area contributed by atoms with Crippen molar-refractivity contribution in [2.24, 2.45) is 5.92 Å². The fourth-order valence-electron chi connectivity index (χ4n) is 5.89. The molecule has 8 nitrogen and oxygen atoms in total. The van der Waals surface area contributed by atoms with Gasteiger partial charge < -0.3 is 29.4 Å². The average Bonchev–Trinajstić information content (AvgIpc) is 3.60. The van der Waals surface area contributed by atoms with Gasteiger partial charge in [0, 0.05) is 29.2 Å². The average molecular weight is 516 g/mol. The first kappa shape index (κ1) is 24.9. The van der Waals surface area contributed by atoms with Crippen LogP contribution >= 0.6 is 0 Å². The number of aromatic amines is 1. The maximum absolute atomic E-state index is 6.77. The van der Waals surface area contributed by atoms with E-state index in [2.05, 4.69) is 31.2 Å². The maximum atomic E-state index is 6.77. The van der Waals surface area contributed by atoms with Crippen molar-refractivity contribution in [2.75, 3.05) is 39.8 Å². The largest absolute Gasteiger partial charge is 0.493 e. The molecule has 2 aromatic heterocycles. The monoisotopic (exact) mass is 515 g/mol. The maximum Gasteiger partial charge on any atom is 0.230 e. The van der Waals surface area contributed by atoms with Gasteiger partial charge in [-0.15, -0.1) is 0 Å². The van der Waals surface area contributed by atoms with Crippen molar-refractivity contribution in [3.05, 3.63) is 48.4 Å². The molecule has 200 valence electrons. The Bertz CT molecular complexity index is 1390. The number of ether oxygens (including phenoxy) is 3. The molecule has 6 rings (SSSR count). The van der Waals surface area contributed by atoms with Crippen LogP contribution in [0.2, 0.25) is 0 Å². The molecule has 4 aromatic rings. The van der Waals surface area contributed by atoms with Crippen LogP contribution in [0.3, 0.4) is 0 Å². The number of hydrogen-bond acceptors (Lipinski definition) is 7. The molecule has 1 atom stereocenters. The Morgan fingerprint density at radius 2 is 1.87 bits per heavy atom. The van der Waals surface area contributed by atoms with Crippen LogP contribution in [0, 0.1) is 12.8 Å². The molecular weight excluding hydrogens is 478 g/mol. The van der Waals surface area contributed by atoms with Gasteiger partial charge in [-0.25, -0.2) is 9.97 Å². The van der Waals surface area contributed by atoms with Crippen LogP contribution in [0.4, 0.5) is 0 Å². The standard InChI is InChI=1S/C30H37N5O3/c1-20-15-22-16-23(5-6-25(22)34-20)37-30-24-17-28(36-2)29(18-26(24)32-19-33-30)38-27(21-7-10-31-11-8-21)9-14-35-12-3-4-13-35/h5-6,15-19,21,27,31,34H,3-4,7-14H2,1-2H3. The van der Waals surface area contributed by atoms with E-state index in [4.69, 9.17) is 14.2 Å². The smallest absolute Gasteiger partial charge is 0.230 e. The molecule has 4 heterocycles. The van der Waals surface area contributed by atoms with Crippen LogP contribution in [0.25, 0.3) is 21.8 Å². The van der Waals surface area contributed by atoms with Crippen LogP contribution in [0.1, 0.15) is 37.8 Å². The molecule has 2 N–H and O–H groups in total. The van der Waals surface area contributed by atoms with E-state index < -0.39 is 0 Å². The van der Waals surface area contributed by atoms with Gasteiger partial charge in [-0.2, -0.15) is 0 Å². The van der Waals surface area contributed by atoms with Gasteiger partial charge >= 0.3 is 0 Å². The molecule has 0 bridgehead atoms. The number of piperidine rings is 1. The summed E-state index contributed by atoms with van der Waals surface area (Å²) in [4.78, 5) is 14.9. The minimum Gasteiger partial charge on any atom is -0.493 e. The summed E-state index contributed by atoms with van der Waals surface area (Å²) in [7, 11) is 1.68. The number of likely N-dealkylation sites (tertiary alicyclic amines) is 1. The summed E-state index contributed by atoms with van der Waals surface area (Å²) in [5.74, 6) is 3.15. The fraction of sp³-hybridized carbons (Fsp3) is 0.467. The Balaban J connectivity index is 1.27. The molecule has 8 heteroatoms. The topological polar surface area (TPSA) is 84.5 Å². The minimum absolute atomic E-state index is 0.137. The van der Waals surface area contributed by atoms with Crippen molar-refractivity contribution in [1.29, 1.82) is 0 Å². The summed E-state index contributed by atoms with van der Waals surface area (Å²) in [6, 6.07) is 12.0. The number of rotatable bonds is 9. The van der Waals surface area contributed by atoms with Crippen molar-refractivity contribution < 1.29 is 14.2 Å². The van der Waals surface area contributed by atoms with Crippen LogP contribution in [0.5, 0.6) is 23.1 Å². The predicted molar refractivity (Wildman–Crippen MR) is 150 cm³/mol. The summed E-state index contributed by atoms with van der Waals surface area (Å²) in [6.07, 6.45) is 7.58. The lowest BCUT2D eigenvalue weighted by Crippen LogP contribution is -2.38. The van der Waals surface area contributed by atoms with Gasteiger partial charge in [-0.05, 0) is 101 Å². The van der Waals surface area contributed by atoms with Crippen LogP contribution in [0.15, 0.2) is 42.7 Å². The number of aryl methyl sites for hydroxylation is 1. The van der Waals surface area contributed by atoms with Crippen LogP contribution in [-0.2, 0) is 0 Å². The molecule has 2 aliphatic heterocycles. The third kappa shape index (κ3) is 5.42. The minimum atomic E-state index is 0.137. The third-order valence-corrected chi connectivity index (χ3v) is 7.94. The molecule has 0 radical (unpaired) electrons. The zero-order valence-corrected chi connectivity index (χ0v) is 22.3. The summed E-state index contributed by atoms with van der Waals surface area (Å²) < 4.78 is 18.8. The van der Waals surface area contributed by atoms with Gasteiger partial charge in [-0.3, -0.25) is 0 Å². The fourth-order valence-corrected chi connectivity index (χ4v) is 5.89. The van der Waals surface area contributed by atoms with E-state index in [0.29, 0.717) is 17.5 Å². The van der Waals surface area contributed by atoms with E-state index in [1.165, 1.54) is 25.9 Å². The number of nitrogens with one attached hydrogen (secondary N) is 2. The molecular formula is C30H37N5O3. The Morgan fingerprint density at radius 3 is 2.68 bits per heavy atom. The van der Waals surface area contributed by atoms with E-state index in [0.717, 1.165) is 77.9 Å². The summed E-state index contributed by atoms with van der Waals surface area (Å²) in [5, 5.41) is 5.38. The first-order chi connectivity index (χ1) is 18.7. The van der Waals surface area contributed by atoms with Gasteiger partial charge in [0.25, 0.3) is 0 Å². The first-order valence-corrected chi connectivity index (χ1v) is 13.9. The number of fused-ring (bicyclic) bond motifs is 2. The van der Waals surface area contributed by atoms with E-state index in [1.54, 1.807) is 13.4 Å². The molecule has 2 fully saturated rings. The molecule has 1 unspecified atom stereocenters. The van der Waals surface area contributed by atoms with Crippen molar-refractivity contribution in [3.8, 4) is 23.1 Å².